The molecule has 0 aliphatic heterocycles. The van der Waals surface area contributed by atoms with E-state index >= 15 is 0 Å². The molecule has 0 aromatic heterocycles. The quantitative estimate of drug-likeness (QED) is 0.725. The highest BCUT2D eigenvalue weighted by molar-refractivity contribution is 9.10. The molecule has 0 heterocycles. The molecule has 1 saturated carbocycles. The molecule has 2 amide bonds. The predicted octanol–water partition coefficient (Wildman–Crippen LogP) is 2.09. The Kier molecular flexibility index (Phi) is 5.97. The van der Waals surface area contributed by atoms with Gasteiger partial charge in [-0.3, -0.25) is 9.59 Å². The van der Waals surface area contributed by atoms with Gasteiger partial charge in [0, 0.05) is 16.7 Å². The van der Waals surface area contributed by atoms with Crippen LogP contribution in [0.4, 0.5) is 5.69 Å². The number of rotatable bonds is 7. The van der Waals surface area contributed by atoms with E-state index in [2.05, 4.69) is 31.5 Å². The maximum atomic E-state index is 12.1. The molecule has 0 radical (unpaired) electrons. The van der Waals surface area contributed by atoms with Gasteiger partial charge in [0.1, 0.15) is 0 Å². The van der Waals surface area contributed by atoms with Crippen molar-refractivity contribution < 1.29 is 9.59 Å². The smallest absolute Gasteiger partial charge is 0.228 e. The van der Waals surface area contributed by atoms with E-state index in [1.54, 1.807) is 0 Å². The maximum absolute atomic E-state index is 12.1. The highest BCUT2D eigenvalue weighted by atomic mass is 79.9. The molecular weight excluding hydrogens is 346 g/mol. The summed E-state index contributed by atoms with van der Waals surface area (Å²) in [7, 11) is 4.01. The Morgan fingerprint density at radius 3 is 2.45 bits per heavy atom. The van der Waals surface area contributed by atoms with Crippen LogP contribution in [0.2, 0.25) is 0 Å². The number of amides is 2. The van der Waals surface area contributed by atoms with E-state index in [-0.39, 0.29) is 23.7 Å². The van der Waals surface area contributed by atoms with Gasteiger partial charge >= 0.3 is 0 Å². The van der Waals surface area contributed by atoms with Crippen LogP contribution in [0.3, 0.4) is 0 Å². The van der Waals surface area contributed by atoms with Crippen LogP contribution in [0, 0.1) is 11.8 Å². The number of hydrogen-bond donors (Lipinski definition) is 2. The molecule has 1 aliphatic carbocycles. The second-order valence-electron chi connectivity index (χ2n) is 5.89. The molecule has 22 heavy (non-hydrogen) atoms. The van der Waals surface area contributed by atoms with Gasteiger partial charge in [-0.15, -0.1) is 0 Å². The van der Waals surface area contributed by atoms with Crippen LogP contribution in [0.15, 0.2) is 28.7 Å². The summed E-state index contributed by atoms with van der Waals surface area (Å²) >= 11 is 3.35. The minimum Gasteiger partial charge on any atom is -0.356 e. The van der Waals surface area contributed by atoms with E-state index in [0.717, 1.165) is 23.1 Å². The molecule has 5 nitrogen and oxygen atoms in total. The molecule has 1 aliphatic rings. The second kappa shape index (κ2) is 7.74. The topological polar surface area (TPSA) is 61.4 Å². The van der Waals surface area contributed by atoms with E-state index in [9.17, 15) is 9.59 Å². The summed E-state index contributed by atoms with van der Waals surface area (Å²) in [4.78, 5) is 26.1. The number of anilines is 1. The highest BCUT2D eigenvalue weighted by Crippen LogP contribution is 2.39. The van der Waals surface area contributed by atoms with Gasteiger partial charge < -0.3 is 15.5 Å². The lowest BCUT2D eigenvalue weighted by molar-refractivity contribution is -0.125. The fourth-order valence-corrected chi connectivity index (χ4v) is 2.55. The molecule has 2 atom stereocenters. The Bertz CT molecular complexity index is 531. The number of nitrogens with one attached hydrogen (secondary N) is 2. The first-order chi connectivity index (χ1) is 10.5. The lowest BCUT2D eigenvalue weighted by Crippen LogP contribution is -2.30. The summed E-state index contributed by atoms with van der Waals surface area (Å²) in [6.07, 6.45) is 1.56. The number of carbonyl (C=O) groups excluding carboxylic acids is 2. The number of nitrogens with zero attached hydrogens (tertiary/aromatic N) is 1. The first-order valence-electron chi connectivity index (χ1n) is 7.46. The van der Waals surface area contributed by atoms with Gasteiger partial charge in [0.25, 0.3) is 0 Å². The van der Waals surface area contributed by atoms with Crippen molar-refractivity contribution in [2.45, 2.75) is 12.8 Å². The van der Waals surface area contributed by atoms with E-state index in [1.165, 1.54) is 0 Å². The molecule has 120 valence electrons. The SMILES string of the molecule is CN(C)CCCNC(=O)C1CC1C(=O)Nc1ccc(Br)cc1. The van der Waals surface area contributed by atoms with Crippen molar-refractivity contribution in [2.75, 3.05) is 32.5 Å². The fraction of sp³-hybridized carbons (Fsp3) is 0.500. The van der Waals surface area contributed by atoms with E-state index in [4.69, 9.17) is 0 Å². The first-order valence-corrected chi connectivity index (χ1v) is 8.25. The van der Waals surface area contributed by atoms with Crippen LogP contribution in [0.25, 0.3) is 0 Å². The van der Waals surface area contributed by atoms with E-state index < -0.39 is 0 Å². The summed E-state index contributed by atoms with van der Waals surface area (Å²) in [5.74, 6) is -0.447. The largest absolute Gasteiger partial charge is 0.356 e. The van der Waals surface area contributed by atoms with Gasteiger partial charge in [0.2, 0.25) is 11.8 Å². The average Bonchev–Trinajstić information content (AvgIpc) is 3.26. The molecule has 1 aromatic carbocycles. The Morgan fingerprint density at radius 1 is 1.18 bits per heavy atom. The van der Waals surface area contributed by atoms with Crippen molar-refractivity contribution in [1.29, 1.82) is 0 Å². The van der Waals surface area contributed by atoms with Crippen molar-refractivity contribution in [3.8, 4) is 0 Å². The second-order valence-corrected chi connectivity index (χ2v) is 6.81. The molecule has 6 heteroatoms. The standard InChI is InChI=1S/C16H22BrN3O2/c1-20(2)9-3-8-18-15(21)13-10-14(13)16(22)19-12-6-4-11(17)5-7-12/h4-7,13-14H,3,8-10H2,1-2H3,(H,18,21)(H,19,22). The van der Waals surface area contributed by atoms with Crippen LogP contribution < -0.4 is 10.6 Å². The third-order valence-corrected chi connectivity index (χ3v) is 4.19. The summed E-state index contributed by atoms with van der Waals surface area (Å²) in [5, 5.41) is 5.76. The van der Waals surface area contributed by atoms with Crippen LogP contribution >= 0.6 is 15.9 Å². The van der Waals surface area contributed by atoms with Gasteiger partial charge in [-0.25, -0.2) is 0 Å². The van der Waals surface area contributed by atoms with E-state index in [1.807, 2.05) is 38.4 Å². The van der Waals surface area contributed by atoms with Gasteiger partial charge in [-0.1, -0.05) is 15.9 Å². The summed E-state index contributed by atoms with van der Waals surface area (Å²) in [6, 6.07) is 7.41. The van der Waals surface area contributed by atoms with Crippen molar-refractivity contribution in [2.24, 2.45) is 11.8 Å². The van der Waals surface area contributed by atoms with Crippen molar-refractivity contribution in [3.63, 3.8) is 0 Å². The maximum Gasteiger partial charge on any atom is 0.228 e. The zero-order valence-electron chi connectivity index (χ0n) is 12.9. The summed E-state index contributed by atoms with van der Waals surface area (Å²) in [5.41, 5.74) is 0.755. The molecule has 1 fully saturated rings. The lowest BCUT2D eigenvalue weighted by atomic mass is 10.2. The minimum absolute atomic E-state index is 0.00490. The van der Waals surface area contributed by atoms with Gasteiger partial charge in [0.05, 0.1) is 11.8 Å². The van der Waals surface area contributed by atoms with Gasteiger partial charge in [0.15, 0.2) is 0 Å². The fourth-order valence-electron chi connectivity index (χ4n) is 2.28. The zero-order valence-corrected chi connectivity index (χ0v) is 14.5. The molecule has 0 saturated heterocycles. The van der Waals surface area contributed by atoms with Crippen LogP contribution in [0.1, 0.15) is 12.8 Å². The number of carbonyl (C=O) groups is 2. The number of benzene rings is 1. The summed E-state index contributed by atoms with van der Waals surface area (Å²) < 4.78 is 0.965. The average molecular weight is 368 g/mol. The number of halogens is 1. The lowest BCUT2D eigenvalue weighted by Gasteiger charge is -2.10. The predicted molar refractivity (Wildman–Crippen MR) is 90.5 cm³/mol. The number of hydrogen-bond acceptors (Lipinski definition) is 3. The van der Waals surface area contributed by atoms with Gasteiger partial charge in [-0.2, -0.15) is 0 Å². The molecule has 1 aromatic rings. The molecular formula is C16H22BrN3O2. The van der Waals surface area contributed by atoms with Crippen molar-refractivity contribution >= 4 is 33.4 Å². The molecule has 2 N–H and O–H groups in total. The van der Waals surface area contributed by atoms with Crippen LogP contribution in [0.5, 0.6) is 0 Å². The molecule has 2 unspecified atom stereocenters. The van der Waals surface area contributed by atoms with Crippen molar-refractivity contribution in [3.05, 3.63) is 28.7 Å². The molecule has 0 spiro atoms. The minimum atomic E-state index is -0.197. The Morgan fingerprint density at radius 2 is 1.82 bits per heavy atom. The Balaban J connectivity index is 1.71. The molecule has 0 bridgehead atoms. The van der Waals surface area contributed by atoms with E-state index in [0.29, 0.717) is 13.0 Å². The normalized spacial score (nSPS) is 19.8. The Labute approximate surface area is 139 Å². The zero-order chi connectivity index (χ0) is 16.1. The van der Waals surface area contributed by atoms with Gasteiger partial charge in [-0.05, 0) is 57.7 Å². The van der Waals surface area contributed by atoms with Crippen LogP contribution in [-0.2, 0) is 9.59 Å². The third kappa shape index (κ3) is 5.10. The van der Waals surface area contributed by atoms with Crippen LogP contribution in [-0.4, -0.2) is 43.9 Å². The Hall–Kier alpha value is -1.40. The first kappa shape index (κ1) is 17.0. The third-order valence-electron chi connectivity index (χ3n) is 3.66. The highest BCUT2D eigenvalue weighted by Gasteiger charge is 2.47. The monoisotopic (exact) mass is 367 g/mol. The van der Waals surface area contributed by atoms with Crippen molar-refractivity contribution in [1.82, 2.24) is 10.2 Å². The molecule has 2 rings (SSSR count). The summed E-state index contributed by atoms with van der Waals surface area (Å²) in [6.45, 7) is 1.60.